The molecule has 0 spiro atoms. The highest BCUT2D eigenvalue weighted by Gasteiger charge is 2.18. The van der Waals surface area contributed by atoms with E-state index in [1.165, 1.54) is 38.5 Å². The van der Waals surface area contributed by atoms with Crippen LogP contribution in [-0.2, 0) is 18.9 Å². The lowest BCUT2D eigenvalue weighted by Gasteiger charge is -2.04. The van der Waals surface area contributed by atoms with Gasteiger partial charge in [0.2, 0.25) is 0 Å². The molecule has 0 fully saturated rings. The highest BCUT2D eigenvalue weighted by molar-refractivity contribution is 5.97. The van der Waals surface area contributed by atoms with E-state index < -0.39 is 28.8 Å². The van der Waals surface area contributed by atoms with E-state index in [1.54, 1.807) is 0 Å². The van der Waals surface area contributed by atoms with Crippen LogP contribution in [0.1, 0.15) is 41.4 Å². The summed E-state index contributed by atoms with van der Waals surface area (Å²) in [4.78, 5) is 54.8. The molecule has 0 saturated heterocycles. The normalized spacial score (nSPS) is 9.50. The van der Waals surface area contributed by atoms with Crippen LogP contribution < -0.4 is 5.73 Å². The Morgan fingerprint density at radius 3 is 1.19 bits per heavy atom. The van der Waals surface area contributed by atoms with Gasteiger partial charge in [-0.25, -0.2) is 19.2 Å². The van der Waals surface area contributed by atoms with Crippen LogP contribution in [0.25, 0.3) is 0 Å². The summed E-state index contributed by atoms with van der Waals surface area (Å²) in [6, 6.07) is 7.45. The van der Waals surface area contributed by atoms with Gasteiger partial charge in [0, 0.05) is 17.8 Å². The molecule has 2 rings (SSSR count). The van der Waals surface area contributed by atoms with E-state index >= 15 is 0 Å². The van der Waals surface area contributed by atoms with E-state index in [2.05, 4.69) is 18.9 Å². The maximum atomic E-state index is 11.3. The first kappa shape index (κ1) is 25.6. The van der Waals surface area contributed by atoms with Crippen LogP contribution in [0.4, 0.5) is 11.4 Å². The van der Waals surface area contributed by atoms with E-state index in [0.29, 0.717) is 5.69 Å². The number of non-ortho nitro benzene ring substituents is 1. The van der Waals surface area contributed by atoms with Gasteiger partial charge in [-0.05, 0) is 24.3 Å². The Morgan fingerprint density at radius 2 is 0.938 bits per heavy atom. The number of anilines is 1. The van der Waals surface area contributed by atoms with Gasteiger partial charge in [-0.3, -0.25) is 10.1 Å². The number of benzene rings is 2. The summed E-state index contributed by atoms with van der Waals surface area (Å²) in [5, 5.41) is 10.6. The number of methoxy groups -OCH3 is 4. The lowest BCUT2D eigenvalue weighted by Crippen LogP contribution is -2.07. The van der Waals surface area contributed by atoms with Gasteiger partial charge in [0.25, 0.3) is 5.69 Å². The van der Waals surface area contributed by atoms with Crippen molar-refractivity contribution in [2.24, 2.45) is 0 Å². The maximum absolute atomic E-state index is 11.3. The zero-order valence-electron chi connectivity index (χ0n) is 17.6. The predicted molar refractivity (Wildman–Crippen MR) is 109 cm³/mol. The molecule has 12 nitrogen and oxygen atoms in total. The number of nitrogen functional groups attached to an aromatic ring is 1. The molecule has 2 aromatic rings. The maximum Gasteiger partial charge on any atom is 0.338 e. The van der Waals surface area contributed by atoms with Crippen molar-refractivity contribution in [3.8, 4) is 0 Å². The number of nitro groups is 1. The summed E-state index contributed by atoms with van der Waals surface area (Å²) in [5.74, 6) is -2.63. The van der Waals surface area contributed by atoms with Crippen LogP contribution in [0.2, 0.25) is 0 Å². The van der Waals surface area contributed by atoms with E-state index in [1.807, 2.05) is 0 Å². The summed E-state index contributed by atoms with van der Waals surface area (Å²) in [6.45, 7) is 0. The van der Waals surface area contributed by atoms with Crippen LogP contribution in [0.15, 0.2) is 36.4 Å². The van der Waals surface area contributed by atoms with Crippen LogP contribution in [0.5, 0.6) is 0 Å². The van der Waals surface area contributed by atoms with Crippen molar-refractivity contribution in [2.45, 2.75) is 0 Å². The Bertz CT molecular complexity index is 980. The standard InChI is InChI=1S/C10H9NO6.C10H11NO4/c1-16-9(12)6-3-7(10(13)17-2)5-8(4-6)11(14)15;1-14-9(12)6-3-7(10(13)15-2)5-8(11)4-6/h3-5H,1-2H3;3-5H,11H2,1-2H3. The third kappa shape index (κ3) is 6.79. The average Bonchev–Trinajstić information content (AvgIpc) is 2.81. The molecule has 32 heavy (non-hydrogen) atoms. The van der Waals surface area contributed by atoms with Gasteiger partial charge in [-0.15, -0.1) is 0 Å². The number of hydrogen-bond acceptors (Lipinski definition) is 11. The quantitative estimate of drug-likeness (QED) is 0.233. The Hall–Kier alpha value is -4.48. The number of esters is 4. The molecule has 12 heteroatoms. The minimum Gasteiger partial charge on any atom is -0.465 e. The monoisotopic (exact) mass is 448 g/mol. The second kappa shape index (κ2) is 11.6. The largest absolute Gasteiger partial charge is 0.465 e. The fraction of sp³-hybridized carbons (Fsp3) is 0.200. The molecule has 2 N–H and O–H groups in total. The average molecular weight is 448 g/mol. The van der Waals surface area contributed by atoms with Gasteiger partial charge in [-0.1, -0.05) is 0 Å². The summed E-state index contributed by atoms with van der Waals surface area (Å²) in [7, 11) is 4.78. The smallest absolute Gasteiger partial charge is 0.338 e. The Morgan fingerprint density at radius 1 is 0.656 bits per heavy atom. The Labute approximate surface area is 182 Å². The van der Waals surface area contributed by atoms with Crippen molar-refractivity contribution < 1.29 is 43.0 Å². The molecule has 0 atom stereocenters. The first-order chi connectivity index (χ1) is 15.1. The Balaban J connectivity index is 0.000000323. The molecule has 0 radical (unpaired) electrons. The zero-order chi connectivity index (χ0) is 24.4. The highest BCUT2D eigenvalue weighted by Crippen LogP contribution is 2.18. The highest BCUT2D eigenvalue weighted by atomic mass is 16.6. The third-order valence-corrected chi connectivity index (χ3v) is 3.77. The summed E-state index contributed by atoms with van der Waals surface area (Å²) in [5.41, 5.74) is 5.73. The minimum absolute atomic E-state index is 0.0814. The number of nitrogens with two attached hydrogens (primary N) is 1. The van der Waals surface area contributed by atoms with Gasteiger partial charge in [0.1, 0.15) is 0 Å². The second-order valence-electron chi connectivity index (χ2n) is 5.84. The predicted octanol–water partition coefficient (Wildman–Crippen LogP) is 2.01. The number of rotatable bonds is 5. The fourth-order valence-electron chi connectivity index (χ4n) is 2.31. The minimum atomic E-state index is -0.765. The van der Waals surface area contributed by atoms with Crippen LogP contribution in [0.3, 0.4) is 0 Å². The molecule has 0 amide bonds. The van der Waals surface area contributed by atoms with Gasteiger partial charge < -0.3 is 24.7 Å². The number of nitro benzene ring substituents is 1. The van der Waals surface area contributed by atoms with Crippen molar-refractivity contribution in [3.05, 3.63) is 68.8 Å². The van der Waals surface area contributed by atoms with E-state index in [4.69, 9.17) is 5.73 Å². The molecule has 0 unspecified atom stereocenters. The third-order valence-electron chi connectivity index (χ3n) is 3.77. The van der Waals surface area contributed by atoms with Gasteiger partial charge >= 0.3 is 23.9 Å². The number of ether oxygens (including phenoxy) is 4. The lowest BCUT2D eigenvalue weighted by molar-refractivity contribution is -0.384. The van der Waals surface area contributed by atoms with Gasteiger partial charge in [-0.2, -0.15) is 0 Å². The molecule has 2 aromatic carbocycles. The fourth-order valence-corrected chi connectivity index (χ4v) is 2.31. The van der Waals surface area contributed by atoms with Crippen LogP contribution in [0, 0.1) is 10.1 Å². The molecule has 0 aromatic heterocycles. The topological polar surface area (TPSA) is 174 Å². The van der Waals surface area contributed by atoms with Crippen molar-refractivity contribution >= 4 is 35.3 Å². The second-order valence-corrected chi connectivity index (χ2v) is 5.84. The van der Waals surface area contributed by atoms with Crippen molar-refractivity contribution in [1.29, 1.82) is 0 Å². The molecule has 0 aliphatic rings. The molecule has 0 heterocycles. The Kier molecular flexibility index (Phi) is 9.30. The van der Waals surface area contributed by atoms with E-state index in [0.717, 1.165) is 26.4 Å². The number of nitrogens with zero attached hydrogens (tertiary/aromatic N) is 1. The molecule has 0 aliphatic heterocycles. The molecular formula is C20H20N2O10. The van der Waals surface area contributed by atoms with E-state index in [9.17, 15) is 29.3 Å². The van der Waals surface area contributed by atoms with E-state index in [-0.39, 0.29) is 27.9 Å². The summed E-state index contributed by atoms with van der Waals surface area (Å²) in [6.07, 6.45) is 0. The molecule has 0 bridgehead atoms. The molecular weight excluding hydrogens is 428 g/mol. The van der Waals surface area contributed by atoms with Gasteiger partial charge in [0.15, 0.2) is 0 Å². The summed E-state index contributed by atoms with van der Waals surface area (Å²) >= 11 is 0. The summed E-state index contributed by atoms with van der Waals surface area (Å²) < 4.78 is 17.9. The zero-order valence-corrected chi connectivity index (χ0v) is 17.6. The first-order valence-corrected chi connectivity index (χ1v) is 8.61. The van der Waals surface area contributed by atoms with Gasteiger partial charge in [0.05, 0.1) is 55.6 Å². The SMILES string of the molecule is COC(=O)c1cc(C(=O)OC)cc([N+](=O)[O-])c1.COC(=O)c1cc(N)cc(C(=O)OC)c1. The van der Waals surface area contributed by atoms with Crippen LogP contribution in [-0.4, -0.2) is 57.2 Å². The molecule has 0 saturated carbocycles. The van der Waals surface area contributed by atoms with Crippen molar-refractivity contribution in [1.82, 2.24) is 0 Å². The molecule has 170 valence electrons. The number of carbonyl (C=O) groups is 4. The van der Waals surface area contributed by atoms with Crippen molar-refractivity contribution in [3.63, 3.8) is 0 Å². The number of carbonyl (C=O) groups excluding carboxylic acids is 4. The lowest BCUT2D eigenvalue weighted by atomic mass is 10.1. The first-order valence-electron chi connectivity index (χ1n) is 8.61. The number of hydrogen-bond donors (Lipinski definition) is 1. The van der Waals surface area contributed by atoms with Crippen molar-refractivity contribution in [2.75, 3.05) is 34.2 Å². The van der Waals surface area contributed by atoms with Crippen LogP contribution >= 0.6 is 0 Å². The molecule has 0 aliphatic carbocycles.